The molecule has 0 atom stereocenters. The maximum Gasteiger partial charge on any atom is 0.250 e. The Balaban J connectivity index is 1.90. The van der Waals surface area contributed by atoms with Gasteiger partial charge in [-0.25, -0.2) is 0 Å². The lowest BCUT2D eigenvalue weighted by Gasteiger charge is -2.10. The zero-order valence-electron chi connectivity index (χ0n) is 12.9. The number of nitrogen functional groups attached to an aromatic ring is 1. The van der Waals surface area contributed by atoms with Crippen LogP contribution in [0.4, 0.5) is 17.6 Å². The third-order valence-corrected chi connectivity index (χ3v) is 3.82. The van der Waals surface area contributed by atoms with Crippen molar-refractivity contribution in [2.24, 2.45) is 0 Å². The number of benzene rings is 1. The molecule has 122 valence electrons. The summed E-state index contributed by atoms with van der Waals surface area (Å²) in [6.45, 7) is 2.18. The Labute approximate surface area is 146 Å². The van der Waals surface area contributed by atoms with Crippen LogP contribution in [0, 0.1) is 6.92 Å². The number of nitrogens with one attached hydrogen (secondary N) is 1. The van der Waals surface area contributed by atoms with Crippen molar-refractivity contribution in [2.45, 2.75) is 13.5 Å². The average Bonchev–Trinajstić information content (AvgIpc) is 2.53. The lowest BCUT2D eigenvalue weighted by Crippen LogP contribution is -2.21. The van der Waals surface area contributed by atoms with E-state index in [0.717, 1.165) is 15.7 Å². The van der Waals surface area contributed by atoms with Crippen LogP contribution < -0.4 is 16.6 Å². The quantitative estimate of drug-likeness (QED) is 0.714. The molecule has 3 N–H and O–H groups in total. The largest absolute Gasteiger partial charge is 0.368 e. The summed E-state index contributed by atoms with van der Waals surface area (Å²) < 4.78 is 2.29. The van der Waals surface area contributed by atoms with Gasteiger partial charge in [0.05, 0.1) is 6.54 Å². The van der Waals surface area contributed by atoms with E-state index in [1.165, 1.54) is 10.6 Å². The molecule has 8 heteroatoms. The highest BCUT2D eigenvalue weighted by atomic mass is 79.9. The second kappa shape index (κ2) is 6.79. The van der Waals surface area contributed by atoms with Gasteiger partial charge < -0.3 is 15.6 Å². The third kappa shape index (κ3) is 3.77. The predicted octanol–water partition coefficient (Wildman–Crippen LogP) is 2.48. The first-order valence-corrected chi connectivity index (χ1v) is 7.99. The first-order valence-electron chi connectivity index (χ1n) is 7.20. The highest BCUT2D eigenvalue weighted by Crippen LogP contribution is 2.18. The Morgan fingerprint density at radius 2 is 1.96 bits per heavy atom. The van der Waals surface area contributed by atoms with Crippen molar-refractivity contribution in [3.63, 3.8) is 0 Å². The van der Waals surface area contributed by atoms with Gasteiger partial charge in [-0.1, -0.05) is 18.2 Å². The number of nitrogens with two attached hydrogens (primary N) is 1. The van der Waals surface area contributed by atoms with E-state index < -0.39 is 0 Å². The number of pyridine rings is 1. The van der Waals surface area contributed by atoms with Gasteiger partial charge in [0.25, 0.3) is 5.56 Å². The summed E-state index contributed by atoms with van der Waals surface area (Å²) in [4.78, 5) is 24.5. The molecule has 2 heterocycles. The Hall–Kier alpha value is -2.74. The molecule has 0 unspecified atom stereocenters. The van der Waals surface area contributed by atoms with Crippen LogP contribution in [0.25, 0.3) is 0 Å². The van der Waals surface area contributed by atoms with Crippen LogP contribution >= 0.6 is 15.9 Å². The van der Waals surface area contributed by atoms with E-state index in [1.807, 2.05) is 31.2 Å². The van der Waals surface area contributed by atoms with Crippen molar-refractivity contribution in [3.05, 3.63) is 68.8 Å². The lowest BCUT2D eigenvalue weighted by molar-refractivity contribution is 0.709. The minimum Gasteiger partial charge on any atom is -0.368 e. The normalized spacial score (nSPS) is 10.6. The Morgan fingerprint density at radius 3 is 2.75 bits per heavy atom. The van der Waals surface area contributed by atoms with Crippen molar-refractivity contribution >= 4 is 33.5 Å². The molecule has 1 aromatic carbocycles. The smallest absolute Gasteiger partial charge is 0.250 e. The van der Waals surface area contributed by atoms with E-state index >= 15 is 0 Å². The van der Waals surface area contributed by atoms with Gasteiger partial charge in [-0.2, -0.15) is 15.0 Å². The Bertz CT molecular complexity index is 940. The molecule has 3 aromatic rings. The maximum atomic E-state index is 11.9. The van der Waals surface area contributed by atoms with E-state index in [1.54, 1.807) is 12.3 Å². The molecule has 0 saturated carbocycles. The van der Waals surface area contributed by atoms with Gasteiger partial charge in [-0.15, -0.1) is 0 Å². The number of aromatic nitrogens is 4. The summed E-state index contributed by atoms with van der Waals surface area (Å²) in [6, 6.07) is 10.9. The zero-order chi connectivity index (χ0) is 17.1. The number of anilines is 3. The molecule has 24 heavy (non-hydrogen) atoms. The van der Waals surface area contributed by atoms with E-state index in [9.17, 15) is 4.79 Å². The molecule has 0 saturated heterocycles. The van der Waals surface area contributed by atoms with E-state index in [0.29, 0.717) is 11.8 Å². The molecule has 2 aromatic heterocycles. The molecule has 0 fully saturated rings. The Kier molecular flexibility index (Phi) is 4.57. The molecule has 0 spiro atoms. The number of rotatable bonds is 4. The predicted molar refractivity (Wildman–Crippen MR) is 96.2 cm³/mol. The van der Waals surface area contributed by atoms with Crippen LogP contribution in [0.5, 0.6) is 0 Å². The topological polar surface area (TPSA) is 98.7 Å². The van der Waals surface area contributed by atoms with Crippen molar-refractivity contribution in [1.29, 1.82) is 0 Å². The summed E-state index contributed by atoms with van der Waals surface area (Å²) in [6.07, 6.45) is 1.68. The van der Waals surface area contributed by atoms with Crippen molar-refractivity contribution < 1.29 is 0 Å². The van der Waals surface area contributed by atoms with Gasteiger partial charge in [0.1, 0.15) is 0 Å². The first kappa shape index (κ1) is 16.1. The van der Waals surface area contributed by atoms with Gasteiger partial charge in [0, 0.05) is 22.4 Å². The number of halogens is 1. The molecule has 3 rings (SSSR count). The molecule has 0 aliphatic heterocycles. The molecular weight excluding hydrogens is 372 g/mol. The zero-order valence-corrected chi connectivity index (χ0v) is 14.5. The van der Waals surface area contributed by atoms with Crippen LogP contribution in [0.3, 0.4) is 0 Å². The first-order chi connectivity index (χ1) is 11.5. The average molecular weight is 387 g/mol. The minimum absolute atomic E-state index is 0.0964. The lowest BCUT2D eigenvalue weighted by atomic mass is 10.2. The van der Waals surface area contributed by atoms with Gasteiger partial charge >= 0.3 is 0 Å². The number of aryl methyl sites for hydroxylation is 1. The second-order valence-corrected chi connectivity index (χ2v) is 6.10. The molecular formula is C16H15BrN6O. The van der Waals surface area contributed by atoms with Crippen LogP contribution in [-0.4, -0.2) is 19.5 Å². The monoisotopic (exact) mass is 386 g/mol. The highest BCUT2D eigenvalue weighted by Gasteiger charge is 2.08. The molecule has 0 aliphatic carbocycles. The SMILES string of the molecule is Cc1ccccc1Nc1nc(N)nc(Cn2cc(Br)ccc2=O)n1. The summed E-state index contributed by atoms with van der Waals surface area (Å²) in [5, 5.41) is 3.13. The van der Waals surface area contributed by atoms with Crippen LogP contribution in [0.2, 0.25) is 0 Å². The van der Waals surface area contributed by atoms with Crippen LogP contribution in [0.15, 0.2) is 51.9 Å². The Morgan fingerprint density at radius 1 is 1.17 bits per heavy atom. The number of hydrogen-bond acceptors (Lipinski definition) is 6. The number of para-hydroxylation sites is 1. The molecule has 0 aliphatic rings. The molecule has 7 nitrogen and oxygen atoms in total. The standard InChI is InChI=1S/C16H15BrN6O/c1-10-4-2-3-5-12(10)19-16-21-13(20-15(18)22-16)9-23-8-11(17)6-7-14(23)24/h2-8H,9H2,1H3,(H3,18,19,20,21,22). The molecule has 0 radical (unpaired) electrons. The third-order valence-electron chi connectivity index (χ3n) is 3.35. The van der Waals surface area contributed by atoms with Crippen molar-refractivity contribution in [1.82, 2.24) is 19.5 Å². The van der Waals surface area contributed by atoms with E-state index in [2.05, 4.69) is 36.2 Å². The fraction of sp³-hybridized carbons (Fsp3) is 0.125. The van der Waals surface area contributed by atoms with Crippen molar-refractivity contribution in [2.75, 3.05) is 11.1 Å². The van der Waals surface area contributed by atoms with Crippen molar-refractivity contribution in [3.8, 4) is 0 Å². The van der Waals surface area contributed by atoms with Gasteiger partial charge in [-0.05, 0) is 40.5 Å². The van der Waals surface area contributed by atoms with Gasteiger partial charge in [0.15, 0.2) is 5.82 Å². The molecule has 0 amide bonds. The fourth-order valence-electron chi connectivity index (χ4n) is 2.18. The number of nitrogens with zero attached hydrogens (tertiary/aromatic N) is 4. The van der Waals surface area contributed by atoms with Crippen LogP contribution in [-0.2, 0) is 6.54 Å². The molecule has 0 bridgehead atoms. The van der Waals surface area contributed by atoms with Crippen LogP contribution in [0.1, 0.15) is 11.4 Å². The number of hydrogen-bond donors (Lipinski definition) is 2. The summed E-state index contributed by atoms with van der Waals surface area (Å²) >= 11 is 3.34. The minimum atomic E-state index is -0.148. The fourth-order valence-corrected chi connectivity index (χ4v) is 2.56. The summed E-state index contributed by atoms with van der Waals surface area (Å²) in [5.74, 6) is 0.841. The van der Waals surface area contributed by atoms with Gasteiger partial charge in [-0.3, -0.25) is 4.79 Å². The highest BCUT2D eigenvalue weighted by molar-refractivity contribution is 9.10. The summed E-state index contributed by atoms with van der Waals surface area (Å²) in [7, 11) is 0. The summed E-state index contributed by atoms with van der Waals surface area (Å²) in [5.41, 5.74) is 7.57. The second-order valence-electron chi connectivity index (χ2n) is 5.19. The van der Waals surface area contributed by atoms with Gasteiger partial charge in [0.2, 0.25) is 11.9 Å². The maximum absolute atomic E-state index is 11.9. The van der Waals surface area contributed by atoms with E-state index in [4.69, 9.17) is 5.73 Å². The van der Waals surface area contributed by atoms with E-state index in [-0.39, 0.29) is 18.1 Å².